The number of aliphatic hydroxyl groups is 1. The predicted molar refractivity (Wildman–Crippen MR) is 71.3 cm³/mol. The van der Waals surface area contributed by atoms with Gasteiger partial charge in [0, 0.05) is 37.0 Å². The zero-order valence-electron chi connectivity index (χ0n) is 11.0. The minimum absolute atomic E-state index is 0.0281. The van der Waals surface area contributed by atoms with Crippen molar-refractivity contribution >= 4 is 5.69 Å². The Kier molecular flexibility index (Phi) is 3.88. The van der Waals surface area contributed by atoms with Crippen LogP contribution < -0.4 is 10.2 Å². The molecule has 1 unspecified atom stereocenters. The van der Waals surface area contributed by atoms with Crippen LogP contribution in [0.3, 0.4) is 0 Å². The van der Waals surface area contributed by atoms with Gasteiger partial charge in [-0.25, -0.2) is 4.39 Å². The van der Waals surface area contributed by atoms with Gasteiger partial charge in [0.15, 0.2) is 0 Å². The van der Waals surface area contributed by atoms with Crippen LogP contribution in [0.4, 0.5) is 10.1 Å². The van der Waals surface area contributed by atoms with Gasteiger partial charge in [0.1, 0.15) is 5.82 Å². The van der Waals surface area contributed by atoms with Crippen molar-refractivity contribution < 1.29 is 9.50 Å². The molecular weight excluding hydrogens is 231 g/mol. The topological polar surface area (TPSA) is 35.5 Å². The summed E-state index contributed by atoms with van der Waals surface area (Å²) in [5.74, 6) is -0.216. The maximum atomic E-state index is 13.0. The summed E-state index contributed by atoms with van der Waals surface area (Å²) in [6.07, 6.45) is 0.723. The highest BCUT2D eigenvalue weighted by molar-refractivity contribution is 5.48. The second kappa shape index (κ2) is 5.24. The minimum Gasteiger partial charge on any atom is -0.396 e. The minimum atomic E-state index is -0.216. The van der Waals surface area contributed by atoms with Crippen LogP contribution in [0.1, 0.15) is 20.3 Å². The zero-order chi connectivity index (χ0) is 13.2. The second-order valence-electron chi connectivity index (χ2n) is 5.54. The third-order valence-corrected chi connectivity index (χ3v) is 3.44. The first-order valence-electron chi connectivity index (χ1n) is 6.40. The lowest BCUT2D eigenvalue weighted by Gasteiger charge is -2.46. The molecule has 2 rings (SSSR count). The largest absolute Gasteiger partial charge is 0.396 e. The van der Waals surface area contributed by atoms with E-state index in [0.29, 0.717) is 0 Å². The van der Waals surface area contributed by atoms with E-state index in [1.54, 1.807) is 12.1 Å². The predicted octanol–water partition coefficient (Wildman–Crippen LogP) is 1.76. The second-order valence-corrected chi connectivity index (χ2v) is 5.54. The summed E-state index contributed by atoms with van der Waals surface area (Å²) in [6.45, 7) is 6.16. The summed E-state index contributed by atoms with van der Waals surface area (Å²) in [7, 11) is 0. The number of hydrogen-bond acceptors (Lipinski definition) is 3. The molecule has 1 aromatic rings. The first-order chi connectivity index (χ1) is 8.52. The molecule has 18 heavy (non-hydrogen) atoms. The highest BCUT2D eigenvalue weighted by atomic mass is 19.1. The quantitative estimate of drug-likeness (QED) is 0.860. The maximum Gasteiger partial charge on any atom is 0.123 e. The monoisotopic (exact) mass is 252 g/mol. The SMILES string of the molecule is CC1(C)CN(c2ccc(F)cc2)C(CCO)CN1. The van der Waals surface area contributed by atoms with E-state index in [4.69, 9.17) is 5.11 Å². The number of rotatable bonds is 3. The molecule has 1 fully saturated rings. The van der Waals surface area contributed by atoms with Crippen LogP contribution >= 0.6 is 0 Å². The molecule has 1 aromatic carbocycles. The van der Waals surface area contributed by atoms with Crippen molar-refractivity contribution in [1.82, 2.24) is 5.32 Å². The summed E-state index contributed by atoms with van der Waals surface area (Å²) in [5.41, 5.74) is 1.05. The van der Waals surface area contributed by atoms with Gasteiger partial charge in [-0.05, 0) is 44.5 Å². The molecule has 1 saturated heterocycles. The van der Waals surface area contributed by atoms with E-state index in [-0.39, 0.29) is 24.0 Å². The van der Waals surface area contributed by atoms with E-state index < -0.39 is 0 Å². The van der Waals surface area contributed by atoms with Gasteiger partial charge < -0.3 is 15.3 Å². The Balaban J connectivity index is 2.21. The molecule has 1 aliphatic heterocycles. The number of nitrogens with one attached hydrogen (secondary N) is 1. The molecule has 3 nitrogen and oxygen atoms in total. The molecule has 0 bridgehead atoms. The lowest BCUT2D eigenvalue weighted by atomic mass is 9.96. The first kappa shape index (κ1) is 13.3. The summed E-state index contributed by atoms with van der Waals surface area (Å²) < 4.78 is 13.0. The molecule has 4 heteroatoms. The smallest absolute Gasteiger partial charge is 0.123 e. The van der Waals surface area contributed by atoms with E-state index >= 15 is 0 Å². The molecule has 1 heterocycles. The molecule has 100 valence electrons. The van der Waals surface area contributed by atoms with E-state index in [9.17, 15) is 4.39 Å². The summed E-state index contributed by atoms with van der Waals surface area (Å²) in [6, 6.07) is 6.84. The summed E-state index contributed by atoms with van der Waals surface area (Å²) >= 11 is 0. The van der Waals surface area contributed by atoms with Crippen molar-refractivity contribution in [2.45, 2.75) is 31.8 Å². The number of hydrogen-bond donors (Lipinski definition) is 2. The van der Waals surface area contributed by atoms with Gasteiger partial charge in [-0.15, -0.1) is 0 Å². The lowest BCUT2D eigenvalue weighted by molar-refractivity contribution is 0.241. The Labute approximate surface area is 108 Å². The molecular formula is C14H21FN2O. The van der Waals surface area contributed by atoms with Crippen molar-refractivity contribution in [2.24, 2.45) is 0 Å². The molecule has 1 atom stereocenters. The Hall–Kier alpha value is -1.13. The molecule has 0 spiro atoms. The highest BCUT2D eigenvalue weighted by Gasteiger charge is 2.32. The fraction of sp³-hybridized carbons (Fsp3) is 0.571. The highest BCUT2D eigenvalue weighted by Crippen LogP contribution is 2.25. The summed E-state index contributed by atoms with van der Waals surface area (Å²) in [5, 5.41) is 12.6. The standard InChI is InChI=1S/C14H21FN2O/c1-14(2)10-17(13(7-8-18)9-16-14)12-5-3-11(15)4-6-12/h3-6,13,16,18H,7-10H2,1-2H3. The first-order valence-corrected chi connectivity index (χ1v) is 6.40. The van der Waals surface area contributed by atoms with Crippen LogP contribution in [0.15, 0.2) is 24.3 Å². The molecule has 0 aliphatic carbocycles. The van der Waals surface area contributed by atoms with Crippen molar-refractivity contribution in [2.75, 3.05) is 24.6 Å². The Morgan fingerprint density at radius 3 is 2.67 bits per heavy atom. The van der Waals surface area contributed by atoms with Crippen molar-refractivity contribution in [3.63, 3.8) is 0 Å². The molecule has 0 saturated carbocycles. The van der Waals surface area contributed by atoms with Gasteiger partial charge in [-0.3, -0.25) is 0 Å². The third-order valence-electron chi connectivity index (χ3n) is 3.44. The van der Waals surface area contributed by atoms with E-state index in [1.165, 1.54) is 12.1 Å². The van der Waals surface area contributed by atoms with Gasteiger partial charge in [0.25, 0.3) is 0 Å². The van der Waals surface area contributed by atoms with Crippen molar-refractivity contribution in [3.05, 3.63) is 30.1 Å². The molecule has 0 aromatic heterocycles. The van der Waals surface area contributed by atoms with Crippen LogP contribution in [0.2, 0.25) is 0 Å². The molecule has 0 radical (unpaired) electrons. The average Bonchev–Trinajstić information content (AvgIpc) is 2.32. The maximum absolute atomic E-state index is 13.0. The fourth-order valence-electron chi connectivity index (χ4n) is 2.46. The molecule has 2 N–H and O–H groups in total. The van der Waals surface area contributed by atoms with E-state index in [0.717, 1.165) is 25.2 Å². The van der Waals surface area contributed by atoms with Crippen molar-refractivity contribution in [3.8, 4) is 0 Å². The van der Waals surface area contributed by atoms with E-state index in [1.807, 2.05) is 0 Å². The number of anilines is 1. The van der Waals surface area contributed by atoms with Crippen molar-refractivity contribution in [1.29, 1.82) is 0 Å². The fourth-order valence-corrected chi connectivity index (χ4v) is 2.46. The van der Waals surface area contributed by atoms with Gasteiger partial charge in [-0.1, -0.05) is 0 Å². The normalized spacial score (nSPS) is 23.1. The summed E-state index contributed by atoms with van der Waals surface area (Å²) in [4.78, 5) is 2.26. The molecule has 1 aliphatic rings. The Morgan fingerprint density at radius 2 is 2.06 bits per heavy atom. The van der Waals surface area contributed by atoms with E-state index in [2.05, 4.69) is 24.1 Å². The van der Waals surface area contributed by atoms with Gasteiger partial charge in [0.05, 0.1) is 0 Å². The number of benzene rings is 1. The zero-order valence-corrected chi connectivity index (χ0v) is 11.0. The van der Waals surface area contributed by atoms with Gasteiger partial charge >= 0.3 is 0 Å². The van der Waals surface area contributed by atoms with Gasteiger partial charge in [-0.2, -0.15) is 0 Å². The molecule has 0 amide bonds. The third kappa shape index (κ3) is 3.00. The van der Waals surface area contributed by atoms with Crippen LogP contribution in [0, 0.1) is 5.82 Å². The Bertz CT molecular complexity index is 391. The van der Waals surface area contributed by atoms with Crippen LogP contribution in [-0.2, 0) is 0 Å². The van der Waals surface area contributed by atoms with Crippen LogP contribution in [-0.4, -0.2) is 36.4 Å². The lowest BCUT2D eigenvalue weighted by Crippen LogP contribution is -2.62. The number of piperazine rings is 1. The number of aliphatic hydroxyl groups excluding tert-OH is 1. The Morgan fingerprint density at radius 1 is 1.39 bits per heavy atom. The van der Waals surface area contributed by atoms with Crippen LogP contribution in [0.25, 0.3) is 0 Å². The number of nitrogens with zero attached hydrogens (tertiary/aromatic N) is 1. The van der Waals surface area contributed by atoms with Crippen LogP contribution in [0.5, 0.6) is 0 Å². The number of halogens is 1. The average molecular weight is 252 g/mol. The van der Waals surface area contributed by atoms with Gasteiger partial charge in [0.2, 0.25) is 0 Å².